The highest BCUT2D eigenvalue weighted by molar-refractivity contribution is 7.99. The van der Waals surface area contributed by atoms with Crippen LogP contribution in [-0.2, 0) is 14.3 Å². The normalized spacial score (nSPS) is 11.4. The lowest BCUT2D eigenvalue weighted by molar-refractivity contribution is -0.138. The smallest absolute Gasteiger partial charge is 0.407 e. The van der Waals surface area contributed by atoms with Crippen molar-refractivity contribution >= 4 is 29.7 Å². The molecule has 0 radical (unpaired) electrons. The third-order valence-electron chi connectivity index (χ3n) is 1.57. The van der Waals surface area contributed by atoms with Gasteiger partial charge in [0, 0.05) is 12.7 Å². The molecule has 0 rings (SSSR count). The molecule has 0 bridgehead atoms. The maximum absolute atomic E-state index is 11.0. The molecule has 8 heteroatoms. The van der Waals surface area contributed by atoms with Gasteiger partial charge in [-0.15, -0.1) is 11.8 Å². The fourth-order valence-electron chi connectivity index (χ4n) is 0.819. The van der Waals surface area contributed by atoms with Gasteiger partial charge in [-0.1, -0.05) is 0 Å². The molecule has 0 spiro atoms. The van der Waals surface area contributed by atoms with Crippen molar-refractivity contribution in [2.45, 2.75) is 19.9 Å². The van der Waals surface area contributed by atoms with Gasteiger partial charge in [0.15, 0.2) is 0 Å². The second-order valence-corrected chi connectivity index (χ2v) is 4.03. The fourth-order valence-corrected chi connectivity index (χ4v) is 1.70. The van der Waals surface area contributed by atoms with Crippen molar-refractivity contribution < 1.29 is 24.2 Å². The second kappa shape index (κ2) is 8.68. The van der Waals surface area contributed by atoms with E-state index in [-0.39, 0.29) is 18.3 Å². The third-order valence-corrected chi connectivity index (χ3v) is 2.49. The van der Waals surface area contributed by atoms with Crippen molar-refractivity contribution in [1.29, 1.82) is 0 Å². The summed E-state index contributed by atoms with van der Waals surface area (Å²) in [5.41, 5.74) is 0. The van der Waals surface area contributed by atoms with Crippen molar-refractivity contribution in [3.8, 4) is 0 Å². The summed E-state index contributed by atoms with van der Waals surface area (Å²) in [7, 11) is 0. The highest BCUT2D eigenvalue weighted by atomic mass is 32.2. The standard InChI is InChI=1S/C9H16N2O5S/c1-3-16-9(15)11-7(8(13)14)4-17-5-10-6(2)12/h7H,3-5H2,1-2H3,(H,10,12)(H,11,15)(H,13,14)/t7-/m0/s1. The minimum Gasteiger partial charge on any atom is -0.480 e. The number of nitrogens with one attached hydrogen (secondary N) is 2. The number of ether oxygens (including phenoxy) is 1. The van der Waals surface area contributed by atoms with Crippen LogP contribution in [0.2, 0.25) is 0 Å². The maximum atomic E-state index is 11.0. The predicted molar refractivity (Wildman–Crippen MR) is 62.7 cm³/mol. The van der Waals surface area contributed by atoms with Crippen LogP contribution in [0.3, 0.4) is 0 Å². The van der Waals surface area contributed by atoms with Gasteiger partial charge < -0.3 is 20.5 Å². The van der Waals surface area contributed by atoms with Crippen molar-refractivity contribution in [2.24, 2.45) is 0 Å². The van der Waals surface area contributed by atoms with Gasteiger partial charge in [0.05, 0.1) is 12.5 Å². The monoisotopic (exact) mass is 264 g/mol. The van der Waals surface area contributed by atoms with Gasteiger partial charge in [0.25, 0.3) is 0 Å². The summed E-state index contributed by atoms with van der Waals surface area (Å²) in [6.07, 6.45) is -0.764. The fraction of sp³-hybridized carbons (Fsp3) is 0.667. The Morgan fingerprint density at radius 3 is 2.53 bits per heavy atom. The average Bonchev–Trinajstić information content (AvgIpc) is 2.22. The molecule has 0 fully saturated rings. The predicted octanol–water partition coefficient (Wildman–Crippen LogP) is 0.0125. The first-order chi connectivity index (χ1) is 7.97. The number of hydrogen-bond acceptors (Lipinski definition) is 5. The molecule has 0 saturated carbocycles. The average molecular weight is 264 g/mol. The molecule has 3 N–H and O–H groups in total. The summed E-state index contributed by atoms with van der Waals surface area (Å²) in [4.78, 5) is 32.4. The van der Waals surface area contributed by atoms with Gasteiger partial charge in [-0.2, -0.15) is 0 Å². The zero-order valence-corrected chi connectivity index (χ0v) is 10.5. The molecule has 0 aromatic heterocycles. The number of amides is 2. The van der Waals surface area contributed by atoms with Crippen LogP contribution in [0, 0.1) is 0 Å². The van der Waals surface area contributed by atoms with Crippen LogP contribution in [0.25, 0.3) is 0 Å². The zero-order chi connectivity index (χ0) is 13.3. The first-order valence-corrected chi connectivity index (χ1v) is 6.11. The number of thioether (sulfide) groups is 1. The van der Waals surface area contributed by atoms with E-state index in [2.05, 4.69) is 15.4 Å². The Balaban J connectivity index is 3.95. The molecule has 0 aliphatic carbocycles. The van der Waals surface area contributed by atoms with E-state index >= 15 is 0 Å². The number of rotatable bonds is 7. The molecule has 0 aromatic rings. The van der Waals surface area contributed by atoms with Crippen LogP contribution in [0.4, 0.5) is 4.79 Å². The van der Waals surface area contributed by atoms with Crippen molar-refractivity contribution in [1.82, 2.24) is 10.6 Å². The lowest BCUT2D eigenvalue weighted by atomic mass is 10.3. The maximum Gasteiger partial charge on any atom is 0.407 e. The molecule has 0 aliphatic heterocycles. The van der Waals surface area contributed by atoms with Gasteiger partial charge in [0.1, 0.15) is 6.04 Å². The lowest BCUT2D eigenvalue weighted by Gasteiger charge is -2.13. The largest absolute Gasteiger partial charge is 0.480 e. The molecule has 7 nitrogen and oxygen atoms in total. The van der Waals surface area contributed by atoms with E-state index in [1.54, 1.807) is 6.92 Å². The van der Waals surface area contributed by atoms with Crippen molar-refractivity contribution in [3.63, 3.8) is 0 Å². The molecule has 0 unspecified atom stereocenters. The first kappa shape index (κ1) is 15.6. The minimum absolute atomic E-state index is 0.147. The molecule has 0 saturated heterocycles. The van der Waals surface area contributed by atoms with Crippen molar-refractivity contribution in [3.05, 3.63) is 0 Å². The van der Waals surface area contributed by atoms with Gasteiger partial charge in [-0.3, -0.25) is 4.79 Å². The number of carbonyl (C=O) groups is 3. The first-order valence-electron chi connectivity index (χ1n) is 4.95. The van der Waals surface area contributed by atoms with E-state index in [4.69, 9.17) is 5.11 Å². The third kappa shape index (κ3) is 8.38. The Morgan fingerprint density at radius 1 is 1.41 bits per heavy atom. The molecular formula is C9H16N2O5S. The number of alkyl carbamates (subject to hydrolysis) is 1. The van der Waals surface area contributed by atoms with E-state index in [1.807, 2.05) is 0 Å². The Hall–Kier alpha value is -1.44. The SMILES string of the molecule is CCOC(=O)N[C@@H](CSCNC(C)=O)C(=O)O. The summed E-state index contributed by atoms with van der Waals surface area (Å²) >= 11 is 1.20. The quantitative estimate of drug-likeness (QED) is 0.442. The summed E-state index contributed by atoms with van der Waals surface area (Å²) < 4.78 is 4.57. The number of aliphatic carboxylic acids is 1. The highest BCUT2D eigenvalue weighted by Gasteiger charge is 2.20. The lowest BCUT2D eigenvalue weighted by Crippen LogP contribution is -2.43. The highest BCUT2D eigenvalue weighted by Crippen LogP contribution is 2.01. The molecule has 0 aromatic carbocycles. The molecule has 1 atom stereocenters. The van der Waals surface area contributed by atoms with Crippen LogP contribution in [0.15, 0.2) is 0 Å². The topological polar surface area (TPSA) is 105 Å². The minimum atomic E-state index is -1.15. The van der Waals surface area contributed by atoms with Gasteiger partial charge >= 0.3 is 12.1 Å². The van der Waals surface area contributed by atoms with Crippen LogP contribution in [0.5, 0.6) is 0 Å². The van der Waals surface area contributed by atoms with Gasteiger partial charge in [0.2, 0.25) is 5.91 Å². The molecule has 98 valence electrons. The second-order valence-electron chi connectivity index (χ2n) is 3.00. The van der Waals surface area contributed by atoms with Gasteiger partial charge in [-0.25, -0.2) is 9.59 Å². The summed E-state index contributed by atoms with van der Waals surface area (Å²) in [6.45, 7) is 3.17. The van der Waals surface area contributed by atoms with Crippen LogP contribution in [0.1, 0.15) is 13.8 Å². The number of carbonyl (C=O) groups excluding carboxylic acids is 2. The molecule has 2 amide bonds. The summed E-state index contributed by atoms with van der Waals surface area (Å²) in [5, 5.41) is 13.5. The van der Waals surface area contributed by atoms with E-state index in [0.29, 0.717) is 5.88 Å². The van der Waals surface area contributed by atoms with E-state index < -0.39 is 18.1 Å². The number of carboxylic acids is 1. The van der Waals surface area contributed by atoms with Crippen LogP contribution < -0.4 is 10.6 Å². The Morgan fingerprint density at radius 2 is 2.06 bits per heavy atom. The zero-order valence-electron chi connectivity index (χ0n) is 9.69. The van der Waals surface area contributed by atoms with E-state index in [9.17, 15) is 14.4 Å². The Labute approximate surface area is 103 Å². The van der Waals surface area contributed by atoms with E-state index in [1.165, 1.54) is 18.7 Å². The number of carboxylic acid groups (broad SMARTS) is 1. The van der Waals surface area contributed by atoms with Crippen molar-refractivity contribution in [2.75, 3.05) is 18.2 Å². The summed E-state index contributed by atoms with van der Waals surface area (Å²) in [5.74, 6) is -0.894. The Bertz CT molecular complexity index is 285. The Kier molecular flexibility index (Phi) is 7.95. The molecule has 0 aliphatic rings. The summed E-state index contributed by atoms with van der Waals surface area (Å²) in [6, 6.07) is -1.03. The number of hydrogen-bond donors (Lipinski definition) is 3. The van der Waals surface area contributed by atoms with Gasteiger partial charge in [-0.05, 0) is 6.92 Å². The molecule has 17 heavy (non-hydrogen) atoms. The van der Waals surface area contributed by atoms with Crippen LogP contribution >= 0.6 is 11.8 Å². The van der Waals surface area contributed by atoms with Crippen LogP contribution in [-0.4, -0.2) is 47.4 Å². The van der Waals surface area contributed by atoms with E-state index in [0.717, 1.165) is 0 Å². The molecule has 0 heterocycles. The molecular weight excluding hydrogens is 248 g/mol.